The van der Waals surface area contributed by atoms with Gasteiger partial charge in [-0.25, -0.2) is 9.78 Å². The zero-order chi connectivity index (χ0) is 17.1. The Labute approximate surface area is 139 Å². The molecule has 0 fully saturated rings. The largest absolute Gasteiger partial charge is 0.508 e. The number of hydrogen-bond donors (Lipinski definition) is 2. The molecule has 124 valence electrons. The van der Waals surface area contributed by atoms with E-state index in [9.17, 15) is 9.90 Å². The van der Waals surface area contributed by atoms with Gasteiger partial charge in [0.1, 0.15) is 5.75 Å². The second-order valence-electron chi connectivity index (χ2n) is 5.45. The average Bonchev–Trinajstić information content (AvgIpc) is 2.93. The Bertz CT molecular complexity index is 869. The minimum absolute atomic E-state index is 0.213. The Morgan fingerprint density at radius 3 is 2.67 bits per heavy atom. The Kier molecular flexibility index (Phi) is 4.37. The molecule has 6 nitrogen and oxygen atoms in total. The predicted molar refractivity (Wildman–Crippen MR) is 92.8 cm³/mol. The van der Waals surface area contributed by atoms with Gasteiger partial charge in [-0.2, -0.15) is 0 Å². The fourth-order valence-corrected chi connectivity index (χ4v) is 2.59. The Morgan fingerprint density at radius 2 is 2.00 bits per heavy atom. The number of methoxy groups -OCH3 is 1. The zero-order valence-corrected chi connectivity index (χ0v) is 13.6. The van der Waals surface area contributed by atoms with Gasteiger partial charge in [-0.05, 0) is 48.9 Å². The van der Waals surface area contributed by atoms with Crippen LogP contribution < -0.4 is 5.32 Å². The fourth-order valence-electron chi connectivity index (χ4n) is 2.59. The number of nitrogens with zero attached hydrogens (tertiary/aromatic N) is 2. The van der Waals surface area contributed by atoms with E-state index in [0.717, 1.165) is 29.7 Å². The van der Waals surface area contributed by atoms with Crippen molar-refractivity contribution in [2.24, 2.45) is 0 Å². The van der Waals surface area contributed by atoms with Crippen LogP contribution in [0.25, 0.3) is 11.0 Å². The molecule has 0 saturated heterocycles. The minimum atomic E-state index is -0.380. The summed E-state index contributed by atoms with van der Waals surface area (Å²) in [6.45, 7) is 2.90. The minimum Gasteiger partial charge on any atom is -0.508 e. The van der Waals surface area contributed by atoms with Crippen molar-refractivity contribution < 1.29 is 14.6 Å². The average molecular weight is 325 g/mol. The Morgan fingerprint density at radius 1 is 1.25 bits per heavy atom. The summed E-state index contributed by atoms with van der Waals surface area (Å²) in [5, 5.41) is 12.7. The third-order valence-electron chi connectivity index (χ3n) is 3.74. The predicted octanol–water partition coefficient (Wildman–Crippen LogP) is 3.68. The number of hydrogen-bond acceptors (Lipinski definition) is 5. The van der Waals surface area contributed by atoms with Crippen LogP contribution >= 0.6 is 0 Å². The number of imidazole rings is 1. The number of phenols is 1. The van der Waals surface area contributed by atoms with Gasteiger partial charge in [-0.15, -0.1) is 0 Å². The molecule has 0 aliphatic heterocycles. The summed E-state index contributed by atoms with van der Waals surface area (Å²) in [4.78, 5) is 16.3. The van der Waals surface area contributed by atoms with Gasteiger partial charge in [-0.3, -0.25) is 0 Å². The topological polar surface area (TPSA) is 76.4 Å². The molecule has 0 saturated carbocycles. The lowest BCUT2D eigenvalue weighted by Crippen LogP contribution is -2.03. The van der Waals surface area contributed by atoms with E-state index in [1.54, 1.807) is 36.4 Å². The van der Waals surface area contributed by atoms with Crippen molar-refractivity contribution in [3.05, 3.63) is 48.0 Å². The number of nitrogens with one attached hydrogen (secondary N) is 1. The number of rotatable bonds is 5. The maximum Gasteiger partial charge on any atom is 0.337 e. The van der Waals surface area contributed by atoms with E-state index in [1.807, 2.05) is 6.07 Å². The van der Waals surface area contributed by atoms with Crippen LogP contribution in [0.3, 0.4) is 0 Å². The van der Waals surface area contributed by atoms with Crippen molar-refractivity contribution in [3.63, 3.8) is 0 Å². The molecular weight excluding hydrogens is 306 g/mol. The summed E-state index contributed by atoms with van der Waals surface area (Å²) in [6, 6.07) is 12.2. The molecule has 0 aliphatic carbocycles. The Balaban J connectivity index is 2.03. The molecule has 1 heterocycles. The standard InChI is InChI=1S/C18H19N3O3/c1-3-10-21-16-9-4-12(17(23)24-2)11-15(16)20-18(21)19-13-5-7-14(22)8-6-13/h4-9,11,22H,3,10H2,1-2H3,(H,19,20). The molecule has 1 aromatic heterocycles. The molecule has 3 aromatic rings. The van der Waals surface area contributed by atoms with Gasteiger partial charge in [-0.1, -0.05) is 6.92 Å². The molecule has 0 amide bonds. The van der Waals surface area contributed by atoms with Crippen LogP contribution in [-0.2, 0) is 11.3 Å². The smallest absolute Gasteiger partial charge is 0.337 e. The molecule has 2 aromatic carbocycles. The number of esters is 1. The highest BCUT2D eigenvalue weighted by Gasteiger charge is 2.13. The molecule has 0 radical (unpaired) electrons. The summed E-state index contributed by atoms with van der Waals surface area (Å²) in [5.41, 5.74) is 2.98. The second kappa shape index (κ2) is 6.62. The number of benzene rings is 2. The second-order valence-corrected chi connectivity index (χ2v) is 5.45. The number of ether oxygens (including phenoxy) is 1. The third-order valence-corrected chi connectivity index (χ3v) is 3.74. The highest BCUT2D eigenvalue weighted by Crippen LogP contribution is 2.25. The van der Waals surface area contributed by atoms with Gasteiger partial charge in [0.15, 0.2) is 0 Å². The van der Waals surface area contributed by atoms with Crippen LogP contribution in [0.15, 0.2) is 42.5 Å². The quantitative estimate of drug-likeness (QED) is 0.553. The summed E-state index contributed by atoms with van der Waals surface area (Å²) < 4.78 is 6.84. The number of fused-ring (bicyclic) bond motifs is 1. The summed E-state index contributed by atoms with van der Waals surface area (Å²) in [6.07, 6.45) is 0.953. The first-order valence-corrected chi connectivity index (χ1v) is 7.77. The third kappa shape index (κ3) is 3.03. The van der Waals surface area contributed by atoms with Gasteiger partial charge in [0.2, 0.25) is 5.95 Å². The monoisotopic (exact) mass is 325 g/mol. The number of aromatic hydroxyl groups is 1. The molecule has 24 heavy (non-hydrogen) atoms. The van der Waals surface area contributed by atoms with E-state index >= 15 is 0 Å². The van der Waals surface area contributed by atoms with Crippen LogP contribution in [0, 0.1) is 0 Å². The number of anilines is 2. The molecule has 0 aliphatic rings. The molecule has 6 heteroatoms. The number of aryl methyl sites for hydroxylation is 1. The van der Waals surface area contributed by atoms with E-state index in [1.165, 1.54) is 7.11 Å². The van der Waals surface area contributed by atoms with Crippen molar-refractivity contribution in [2.45, 2.75) is 19.9 Å². The molecule has 0 bridgehead atoms. The van der Waals surface area contributed by atoms with E-state index in [4.69, 9.17) is 4.74 Å². The maximum absolute atomic E-state index is 11.7. The fraction of sp³-hybridized carbons (Fsp3) is 0.222. The van der Waals surface area contributed by atoms with Crippen molar-refractivity contribution in [3.8, 4) is 5.75 Å². The summed E-state index contributed by atoms with van der Waals surface area (Å²) in [5.74, 6) is 0.528. The van der Waals surface area contributed by atoms with Crippen molar-refractivity contribution >= 4 is 28.6 Å². The molecule has 0 atom stereocenters. The molecule has 2 N–H and O–H groups in total. The van der Waals surface area contributed by atoms with Crippen LogP contribution in [0.1, 0.15) is 23.7 Å². The molecule has 0 unspecified atom stereocenters. The first-order chi connectivity index (χ1) is 11.6. The number of phenolic OH excluding ortho intramolecular Hbond substituents is 1. The van der Waals surface area contributed by atoms with Crippen LogP contribution in [-0.4, -0.2) is 27.7 Å². The summed E-state index contributed by atoms with van der Waals surface area (Å²) in [7, 11) is 1.36. The molecular formula is C18H19N3O3. The van der Waals surface area contributed by atoms with Gasteiger partial charge in [0, 0.05) is 12.2 Å². The maximum atomic E-state index is 11.7. The lowest BCUT2D eigenvalue weighted by atomic mass is 10.2. The van der Waals surface area contributed by atoms with Gasteiger partial charge < -0.3 is 19.7 Å². The first kappa shape index (κ1) is 15.9. The lowest BCUT2D eigenvalue weighted by Gasteiger charge is -2.10. The zero-order valence-electron chi connectivity index (χ0n) is 13.6. The van der Waals surface area contributed by atoms with E-state index < -0.39 is 0 Å². The summed E-state index contributed by atoms with van der Waals surface area (Å²) >= 11 is 0. The molecule has 3 rings (SSSR count). The Hall–Kier alpha value is -3.02. The SMILES string of the molecule is CCCn1c(Nc2ccc(O)cc2)nc2cc(C(=O)OC)ccc21. The van der Waals surface area contributed by atoms with Crippen molar-refractivity contribution in [1.29, 1.82) is 0 Å². The normalized spacial score (nSPS) is 10.8. The van der Waals surface area contributed by atoms with Crippen LogP contribution in [0.4, 0.5) is 11.6 Å². The van der Waals surface area contributed by atoms with Crippen molar-refractivity contribution in [1.82, 2.24) is 9.55 Å². The lowest BCUT2D eigenvalue weighted by molar-refractivity contribution is 0.0601. The van der Waals surface area contributed by atoms with Crippen LogP contribution in [0.5, 0.6) is 5.75 Å². The van der Waals surface area contributed by atoms with Crippen molar-refractivity contribution in [2.75, 3.05) is 12.4 Å². The van der Waals surface area contributed by atoms with E-state index in [-0.39, 0.29) is 11.7 Å². The van der Waals surface area contributed by atoms with Gasteiger partial charge in [0.25, 0.3) is 0 Å². The van der Waals surface area contributed by atoms with E-state index in [2.05, 4.69) is 21.8 Å². The van der Waals surface area contributed by atoms with E-state index in [0.29, 0.717) is 11.5 Å². The first-order valence-electron chi connectivity index (χ1n) is 7.77. The highest BCUT2D eigenvalue weighted by molar-refractivity contribution is 5.94. The number of carbonyl (C=O) groups is 1. The molecule has 0 spiro atoms. The number of carbonyl (C=O) groups excluding carboxylic acids is 1. The van der Waals surface area contributed by atoms with Gasteiger partial charge in [0.05, 0.1) is 23.7 Å². The van der Waals surface area contributed by atoms with Gasteiger partial charge >= 0.3 is 5.97 Å². The highest BCUT2D eigenvalue weighted by atomic mass is 16.5. The van der Waals surface area contributed by atoms with Crippen LogP contribution in [0.2, 0.25) is 0 Å². The number of aromatic nitrogens is 2.